The molecule has 96 valence electrons. The van der Waals surface area contributed by atoms with E-state index >= 15 is 0 Å². The number of ether oxygens (including phenoxy) is 1. The van der Waals surface area contributed by atoms with Crippen molar-refractivity contribution < 1.29 is 4.74 Å². The zero-order valence-corrected chi connectivity index (χ0v) is 11.3. The third-order valence-electron chi connectivity index (χ3n) is 2.86. The molecule has 2 rings (SSSR count). The second kappa shape index (κ2) is 5.49. The summed E-state index contributed by atoms with van der Waals surface area (Å²) in [6.45, 7) is 4.05. The van der Waals surface area contributed by atoms with Gasteiger partial charge in [0.05, 0.1) is 25.3 Å². The van der Waals surface area contributed by atoms with Crippen LogP contribution in [-0.4, -0.2) is 17.1 Å². The summed E-state index contributed by atoms with van der Waals surface area (Å²) in [5.41, 5.74) is 3.98. The standard InChI is InChI=1S/C15H15N3O/c1-10-8-11(2)15(13(9-10)19-3)12-5-7-17-14(18-12)4-6-16/h5,7-9H,4H2,1-3H3. The first-order valence-electron chi connectivity index (χ1n) is 6.00. The summed E-state index contributed by atoms with van der Waals surface area (Å²) in [5.74, 6) is 1.32. The van der Waals surface area contributed by atoms with E-state index < -0.39 is 0 Å². The average molecular weight is 253 g/mol. The van der Waals surface area contributed by atoms with Crippen molar-refractivity contribution in [1.82, 2.24) is 9.97 Å². The largest absolute Gasteiger partial charge is 0.496 e. The molecule has 0 N–H and O–H groups in total. The number of methoxy groups -OCH3 is 1. The topological polar surface area (TPSA) is 58.8 Å². The van der Waals surface area contributed by atoms with Crippen molar-refractivity contribution in [2.24, 2.45) is 0 Å². The fourth-order valence-corrected chi connectivity index (χ4v) is 2.11. The minimum atomic E-state index is 0.209. The van der Waals surface area contributed by atoms with Crippen LogP contribution in [0.1, 0.15) is 17.0 Å². The van der Waals surface area contributed by atoms with E-state index in [1.54, 1.807) is 13.3 Å². The van der Waals surface area contributed by atoms with Crippen LogP contribution in [0.3, 0.4) is 0 Å². The lowest BCUT2D eigenvalue weighted by Gasteiger charge is -2.12. The molecular formula is C15H15N3O. The molecule has 0 unspecified atom stereocenters. The summed E-state index contributed by atoms with van der Waals surface area (Å²) in [6.07, 6.45) is 1.88. The maximum atomic E-state index is 8.72. The number of nitriles is 1. The van der Waals surface area contributed by atoms with Crippen LogP contribution >= 0.6 is 0 Å². The van der Waals surface area contributed by atoms with Gasteiger partial charge in [-0.1, -0.05) is 6.07 Å². The van der Waals surface area contributed by atoms with Crippen LogP contribution in [-0.2, 0) is 6.42 Å². The molecule has 2 aromatic rings. The maximum Gasteiger partial charge on any atom is 0.142 e. The highest BCUT2D eigenvalue weighted by Gasteiger charge is 2.12. The minimum Gasteiger partial charge on any atom is -0.496 e. The molecule has 19 heavy (non-hydrogen) atoms. The molecule has 0 radical (unpaired) electrons. The Kier molecular flexibility index (Phi) is 3.76. The molecule has 0 bridgehead atoms. The molecule has 0 aliphatic carbocycles. The summed E-state index contributed by atoms with van der Waals surface area (Å²) in [4.78, 5) is 8.50. The number of hydrogen-bond acceptors (Lipinski definition) is 4. The number of aryl methyl sites for hydroxylation is 2. The third-order valence-corrected chi connectivity index (χ3v) is 2.86. The number of aromatic nitrogens is 2. The zero-order valence-electron chi connectivity index (χ0n) is 11.3. The van der Waals surface area contributed by atoms with Gasteiger partial charge in [0.1, 0.15) is 11.6 Å². The van der Waals surface area contributed by atoms with Crippen molar-refractivity contribution in [3.05, 3.63) is 41.3 Å². The van der Waals surface area contributed by atoms with E-state index in [-0.39, 0.29) is 6.42 Å². The van der Waals surface area contributed by atoms with Crippen molar-refractivity contribution in [3.8, 4) is 23.1 Å². The van der Waals surface area contributed by atoms with Gasteiger partial charge in [-0.05, 0) is 37.1 Å². The number of rotatable bonds is 3. The van der Waals surface area contributed by atoms with Crippen LogP contribution in [0.25, 0.3) is 11.3 Å². The van der Waals surface area contributed by atoms with Crippen molar-refractivity contribution in [3.63, 3.8) is 0 Å². The van der Waals surface area contributed by atoms with E-state index in [4.69, 9.17) is 10.00 Å². The fraction of sp³-hybridized carbons (Fsp3) is 0.267. The molecule has 4 heteroatoms. The van der Waals surface area contributed by atoms with Gasteiger partial charge in [-0.3, -0.25) is 0 Å². The summed E-state index contributed by atoms with van der Waals surface area (Å²) < 4.78 is 5.44. The van der Waals surface area contributed by atoms with Crippen molar-refractivity contribution >= 4 is 0 Å². The molecule has 0 aliphatic rings. The molecule has 1 aromatic heterocycles. The van der Waals surface area contributed by atoms with E-state index in [1.807, 2.05) is 26.0 Å². The van der Waals surface area contributed by atoms with E-state index in [0.29, 0.717) is 5.82 Å². The van der Waals surface area contributed by atoms with Crippen LogP contribution in [0.15, 0.2) is 24.4 Å². The van der Waals surface area contributed by atoms with Crippen molar-refractivity contribution in [1.29, 1.82) is 5.26 Å². The van der Waals surface area contributed by atoms with Crippen molar-refractivity contribution in [2.75, 3.05) is 7.11 Å². The number of nitrogens with zero attached hydrogens (tertiary/aromatic N) is 3. The van der Waals surface area contributed by atoms with Crippen LogP contribution in [0, 0.1) is 25.2 Å². The molecule has 0 saturated heterocycles. The first-order valence-corrected chi connectivity index (χ1v) is 6.00. The van der Waals surface area contributed by atoms with Crippen LogP contribution in [0.4, 0.5) is 0 Å². The third kappa shape index (κ3) is 2.71. The molecule has 0 atom stereocenters. The quantitative estimate of drug-likeness (QED) is 0.844. The maximum absolute atomic E-state index is 8.72. The predicted molar refractivity (Wildman–Crippen MR) is 72.8 cm³/mol. The van der Waals surface area contributed by atoms with Gasteiger partial charge >= 0.3 is 0 Å². The summed E-state index contributed by atoms with van der Waals surface area (Å²) in [7, 11) is 1.65. The Balaban J connectivity index is 2.58. The highest BCUT2D eigenvalue weighted by molar-refractivity contribution is 5.71. The second-order valence-electron chi connectivity index (χ2n) is 4.35. The first kappa shape index (κ1) is 13.0. The Morgan fingerprint density at radius 1 is 1.32 bits per heavy atom. The van der Waals surface area contributed by atoms with E-state index in [1.165, 1.54) is 0 Å². The molecule has 0 saturated carbocycles. The van der Waals surface area contributed by atoms with Gasteiger partial charge in [0, 0.05) is 11.8 Å². The van der Waals surface area contributed by atoms with Crippen LogP contribution < -0.4 is 4.74 Å². The Labute approximate surface area is 112 Å². The first-order chi connectivity index (χ1) is 9.15. The molecule has 0 aliphatic heterocycles. The molecule has 1 heterocycles. The van der Waals surface area contributed by atoms with Gasteiger partial charge in [0.25, 0.3) is 0 Å². The molecular weight excluding hydrogens is 238 g/mol. The molecule has 0 spiro atoms. The van der Waals surface area contributed by atoms with E-state index in [2.05, 4.69) is 22.1 Å². The highest BCUT2D eigenvalue weighted by atomic mass is 16.5. The number of benzene rings is 1. The van der Waals surface area contributed by atoms with Gasteiger partial charge < -0.3 is 4.74 Å². The lowest BCUT2D eigenvalue weighted by molar-refractivity contribution is 0.415. The van der Waals surface area contributed by atoms with E-state index in [0.717, 1.165) is 28.1 Å². The predicted octanol–water partition coefficient (Wildman–Crippen LogP) is 2.84. The lowest BCUT2D eigenvalue weighted by Crippen LogP contribution is -1.98. The molecule has 0 amide bonds. The molecule has 1 aromatic carbocycles. The normalized spacial score (nSPS) is 10.0. The molecule has 4 nitrogen and oxygen atoms in total. The van der Waals surface area contributed by atoms with Crippen LogP contribution in [0.5, 0.6) is 5.75 Å². The Hall–Kier alpha value is -2.41. The minimum absolute atomic E-state index is 0.209. The highest BCUT2D eigenvalue weighted by Crippen LogP contribution is 2.32. The molecule has 0 fully saturated rings. The monoisotopic (exact) mass is 253 g/mol. The Morgan fingerprint density at radius 3 is 2.79 bits per heavy atom. The Morgan fingerprint density at radius 2 is 2.11 bits per heavy atom. The summed E-state index contributed by atoms with van der Waals surface area (Å²) >= 11 is 0. The SMILES string of the molecule is COc1cc(C)cc(C)c1-c1ccnc(CC#N)n1. The Bertz CT molecular complexity index is 644. The van der Waals surface area contributed by atoms with Gasteiger partial charge in [0.15, 0.2) is 0 Å². The van der Waals surface area contributed by atoms with Crippen molar-refractivity contribution in [2.45, 2.75) is 20.3 Å². The van der Waals surface area contributed by atoms with Gasteiger partial charge in [-0.2, -0.15) is 5.26 Å². The van der Waals surface area contributed by atoms with E-state index in [9.17, 15) is 0 Å². The summed E-state index contributed by atoms with van der Waals surface area (Å²) in [5, 5.41) is 8.72. The zero-order chi connectivity index (χ0) is 13.8. The van der Waals surface area contributed by atoms with Gasteiger partial charge in [0.2, 0.25) is 0 Å². The van der Waals surface area contributed by atoms with Gasteiger partial charge in [-0.25, -0.2) is 9.97 Å². The summed E-state index contributed by atoms with van der Waals surface area (Å²) in [6, 6.07) is 7.96. The number of hydrogen-bond donors (Lipinski definition) is 0. The van der Waals surface area contributed by atoms with Gasteiger partial charge in [-0.15, -0.1) is 0 Å². The smallest absolute Gasteiger partial charge is 0.142 e. The average Bonchev–Trinajstić information content (AvgIpc) is 2.38. The fourth-order valence-electron chi connectivity index (χ4n) is 2.11. The second-order valence-corrected chi connectivity index (χ2v) is 4.35. The van der Waals surface area contributed by atoms with Crippen LogP contribution in [0.2, 0.25) is 0 Å². The lowest BCUT2D eigenvalue weighted by atomic mass is 10.0.